The highest BCUT2D eigenvalue weighted by Crippen LogP contribution is 2.25. The van der Waals surface area contributed by atoms with E-state index in [1.807, 2.05) is 6.07 Å². The fourth-order valence-corrected chi connectivity index (χ4v) is 1.52. The van der Waals surface area contributed by atoms with E-state index in [0.29, 0.717) is 23.3 Å². The van der Waals surface area contributed by atoms with Gasteiger partial charge in [0.2, 0.25) is 11.8 Å². The molecule has 3 aromatic rings. The lowest BCUT2D eigenvalue weighted by atomic mass is 10.3. The van der Waals surface area contributed by atoms with Gasteiger partial charge in [0.05, 0.1) is 12.4 Å². The van der Waals surface area contributed by atoms with Crippen molar-refractivity contribution in [3.63, 3.8) is 0 Å². The summed E-state index contributed by atoms with van der Waals surface area (Å²) in [7, 11) is 0. The van der Waals surface area contributed by atoms with E-state index in [9.17, 15) is 0 Å². The molecule has 0 saturated carbocycles. The minimum atomic E-state index is 0.421. The van der Waals surface area contributed by atoms with E-state index in [-0.39, 0.29) is 0 Å². The summed E-state index contributed by atoms with van der Waals surface area (Å²) in [6, 6.07) is 7.16. The van der Waals surface area contributed by atoms with E-state index in [0.717, 1.165) is 0 Å². The first-order valence-corrected chi connectivity index (χ1v) is 5.88. The smallest absolute Gasteiger partial charge is 0.237 e. The quantitative estimate of drug-likeness (QED) is 0.723. The summed E-state index contributed by atoms with van der Waals surface area (Å²) in [5.74, 6) is 2.05. The molecular formula is C14H10N4O2. The number of ether oxygens (including phenoxy) is 2. The second-order valence-corrected chi connectivity index (χ2v) is 3.77. The Morgan fingerprint density at radius 1 is 0.700 bits per heavy atom. The van der Waals surface area contributed by atoms with Crippen molar-refractivity contribution in [2.24, 2.45) is 0 Å². The molecule has 0 aliphatic heterocycles. The first-order valence-electron chi connectivity index (χ1n) is 5.88. The summed E-state index contributed by atoms with van der Waals surface area (Å²) in [6.07, 6.45) is 9.37. The monoisotopic (exact) mass is 266 g/mol. The zero-order valence-corrected chi connectivity index (χ0v) is 10.4. The molecule has 1 aromatic carbocycles. The van der Waals surface area contributed by atoms with Gasteiger partial charge in [0.1, 0.15) is 11.5 Å². The Hall–Kier alpha value is -3.02. The van der Waals surface area contributed by atoms with Gasteiger partial charge >= 0.3 is 0 Å². The van der Waals surface area contributed by atoms with Crippen LogP contribution in [-0.2, 0) is 0 Å². The predicted octanol–water partition coefficient (Wildman–Crippen LogP) is 2.85. The topological polar surface area (TPSA) is 70.0 Å². The fraction of sp³-hybridized carbons (Fsp3) is 0. The molecule has 0 radical (unpaired) electrons. The lowest BCUT2D eigenvalue weighted by Crippen LogP contribution is -1.90. The molecule has 0 unspecified atom stereocenters. The summed E-state index contributed by atoms with van der Waals surface area (Å²) in [4.78, 5) is 15.9. The normalized spacial score (nSPS) is 10.0. The largest absolute Gasteiger partial charge is 0.437 e. The number of hydrogen-bond acceptors (Lipinski definition) is 6. The van der Waals surface area contributed by atoms with Gasteiger partial charge in [0.25, 0.3) is 0 Å². The van der Waals surface area contributed by atoms with E-state index in [4.69, 9.17) is 9.47 Å². The number of benzene rings is 1. The number of hydrogen-bond donors (Lipinski definition) is 0. The molecule has 0 atom stereocenters. The zero-order chi connectivity index (χ0) is 13.6. The highest BCUT2D eigenvalue weighted by atomic mass is 16.5. The van der Waals surface area contributed by atoms with Gasteiger partial charge in [-0.2, -0.15) is 0 Å². The Labute approximate surface area is 115 Å². The average molecular weight is 266 g/mol. The third-order valence-corrected chi connectivity index (χ3v) is 2.33. The van der Waals surface area contributed by atoms with Crippen LogP contribution in [0.1, 0.15) is 0 Å². The van der Waals surface area contributed by atoms with Gasteiger partial charge in [-0.05, 0) is 12.1 Å². The third-order valence-electron chi connectivity index (χ3n) is 2.33. The molecular weight excluding hydrogens is 256 g/mol. The first-order chi connectivity index (χ1) is 9.90. The van der Waals surface area contributed by atoms with E-state index in [1.165, 1.54) is 12.4 Å². The van der Waals surface area contributed by atoms with Crippen LogP contribution >= 0.6 is 0 Å². The van der Waals surface area contributed by atoms with Gasteiger partial charge in [-0.1, -0.05) is 6.07 Å². The Balaban J connectivity index is 1.76. The van der Waals surface area contributed by atoms with Crippen LogP contribution in [-0.4, -0.2) is 19.9 Å². The second kappa shape index (κ2) is 5.75. The van der Waals surface area contributed by atoms with Gasteiger partial charge in [-0.25, -0.2) is 9.97 Å². The molecule has 0 aliphatic rings. The van der Waals surface area contributed by atoms with E-state index >= 15 is 0 Å². The Bertz CT molecular complexity index is 620. The molecule has 0 N–H and O–H groups in total. The van der Waals surface area contributed by atoms with Gasteiger partial charge < -0.3 is 9.47 Å². The van der Waals surface area contributed by atoms with Crippen molar-refractivity contribution >= 4 is 0 Å². The van der Waals surface area contributed by atoms with E-state index < -0.39 is 0 Å². The van der Waals surface area contributed by atoms with Gasteiger partial charge in [-0.15, -0.1) is 0 Å². The Morgan fingerprint density at radius 3 is 1.70 bits per heavy atom. The molecule has 3 rings (SSSR count). The molecule has 0 saturated heterocycles. The summed E-state index contributed by atoms with van der Waals surface area (Å²) in [5.41, 5.74) is 0. The molecule has 20 heavy (non-hydrogen) atoms. The SMILES string of the molecule is c1cc(Oc2cnccn2)cc(Oc2cnccn2)c1. The number of rotatable bonds is 4. The van der Waals surface area contributed by atoms with Crippen molar-refractivity contribution in [1.82, 2.24) is 19.9 Å². The minimum Gasteiger partial charge on any atom is -0.437 e. The maximum Gasteiger partial charge on any atom is 0.237 e. The molecule has 98 valence electrons. The maximum atomic E-state index is 5.57. The van der Waals surface area contributed by atoms with Crippen molar-refractivity contribution < 1.29 is 9.47 Å². The lowest BCUT2D eigenvalue weighted by molar-refractivity contribution is 0.439. The third kappa shape index (κ3) is 3.05. The van der Waals surface area contributed by atoms with Crippen molar-refractivity contribution in [3.05, 3.63) is 61.4 Å². The van der Waals surface area contributed by atoms with Crippen LogP contribution in [0, 0.1) is 0 Å². The van der Waals surface area contributed by atoms with Crippen molar-refractivity contribution in [3.8, 4) is 23.3 Å². The van der Waals surface area contributed by atoms with Crippen molar-refractivity contribution in [2.75, 3.05) is 0 Å². The summed E-state index contributed by atoms with van der Waals surface area (Å²) < 4.78 is 11.1. The summed E-state index contributed by atoms with van der Waals surface area (Å²) in [5, 5.41) is 0. The molecule has 6 nitrogen and oxygen atoms in total. The van der Waals surface area contributed by atoms with E-state index in [1.54, 1.807) is 43.0 Å². The van der Waals surface area contributed by atoms with Gasteiger partial charge in [-0.3, -0.25) is 9.97 Å². The summed E-state index contributed by atoms with van der Waals surface area (Å²) >= 11 is 0. The second-order valence-electron chi connectivity index (χ2n) is 3.77. The van der Waals surface area contributed by atoms with Crippen LogP contribution in [0.5, 0.6) is 23.3 Å². The molecule has 0 amide bonds. The van der Waals surface area contributed by atoms with Gasteiger partial charge in [0.15, 0.2) is 0 Å². The Morgan fingerprint density at radius 2 is 1.25 bits per heavy atom. The van der Waals surface area contributed by atoms with Crippen LogP contribution in [0.4, 0.5) is 0 Å². The molecule has 6 heteroatoms. The molecule has 0 aliphatic carbocycles. The van der Waals surface area contributed by atoms with Crippen LogP contribution in [0.15, 0.2) is 61.4 Å². The maximum absolute atomic E-state index is 5.57. The van der Waals surface area contributed by atoms with Crippen LogP contribution in [0.2, 0.25) is 0 Å². The molecule has 0 spiro atoms. The van der Waals surface area contributed by atoms with Crippen molar-refractivity contribution in [2.45, 2.75) is 0 Å². The van der Waals surface area contributed by atoms with Crippen molar-refractivity contribution in [1.29, 1.82) is 0 Å². The summed E-state index contributed by atoms with van der Waals surface area (Å²) in [6.45, 7) is 0. The van der Waals surface area contributed by atoms with Crippen LogP contribution in [0.3, 0.4) is 0 Å². The standard InChI is InChI=1S/C14H10N4O2/c1-2-11(19-13-9-15-4-6-17-13)8-12(3-1)20-14-10-16-5-7-18-14/h1-10H. The number of aromatic nitrogens is 4. The number of nitrogens with zero attached hydrogens (tertiary/aromatic N) is 4. The lowest BCUT2D eigenvalue weighted by Gasteiger charge is -2.07. The highest BCUT2D eigenvalue weighted by Gasteiger charge is 2.02. The predicted molar refractivity (Wildman–Crippen MR) is 70.7 cm³/mol. The Kier molecular flexibility index (Phi) is 3.46. The average Bonchev–Trinajstić information content (AvgIpc) is 2.50. The first kappa shape index (κ1) is 12.0. The molecule has 2 heterocycles. The van der Waals surface area contributed by atoms with E-state index in [2.05, 4.69) is 19.9 Å². The zero-order valence-electron chi connectivity index (χ0n) is 10.4. The molecule has 2 aromatic heterocycles. The molecule has 0 bridgehead atoms. The fourth-order valence-electron chi connectivity index (χ4n) is 1.52. The highest BCUT2D eigenvalue weighted by molar-refractivity contribution is 5.36. The van der Waals surface area contributed by atoms with Gasteiger partial charge in [0, 0.05) is 30.9 Å². The van der Waals surface area contributed by atoms with Crippen LogP contribution < -0.4 is 9.47 Å². The minimum absolute atomic E-state index is 0.421. The van der Waals surface area contributed by atoms with Crippen LogP contribution in [0.25, 0.3) is 0 Å². The molecule has 0 fully saturated rings.